The number of esters is 2. The first-order valence-corrected chi connectivity index (χ1v) is 7.50. The number of aromatic nitrogens is 1. The Hall–Kier alpha value is -2.94. The maximum atomic E-state index is 12.7. The number of amides is 1. The molecule has 0 bridgehead atoms. The Morgan fingerprint density at radius 1 is 1.20 bits per heavy atom. The second-order valence-corrected chi connectivity index (χ2v) is 5.97. The molecular formula is C16H17N3O6. The summed E-state index contributed by atoms with van der Waals surface area (Å²) in [5, 5.41) is 0. The maximum absolute atomic E-state index is 12.7. The molecule has 0 saturated heterocycles. The summed E-state index contributed by atoms with van der Waals surface area (Å²) in [6.45, 7) is 0.0260. The van der Waals surface area contributed by atoms with Gasteiger partial charge in [0.25, 0.3) is 12.1 Å². The van der Waals surface area contributed by atoms with Crippen molar-refractivity contribution in [2.45, 2.75) is 12.0 Å². The Bertz CT molecular complexity index is 762. The van der Waals surface area contributed by atoms with E-state index in [1.54, 1.807) is 25.1 Å². The minimum Gasteiger partial charge on any atom is -0.430 e. The molecule has 0 N–H and O–H groups in total. The lowest BCUT2D eigenvalue weighted by Crippen LogP contribution is -2.63. The molecule has 1 amide bonds. The number of carbonyl (C=O) groups excluding carboxylic acids is 3. The predicted molar refractivity (Wildman–Crippen MR) is 83.4 cm³/mol. The van der Waals surface area contributed by atoms with E-state index >= 15 is 0 Å². The van der Waals surface area contributed by atoms with Gasteiger partial charge in [-0.25, -0.2) is 14.6 Å². The number of rotatable bonds is 2. The molecule has 2 aliphatic heterocycles. The van der Waals surface area contributed by atoms with Crippen molar-refractivity contribution >= 4 is 17.8 Å². The Kier molecular flexibility index (Phi) is 4.17. The van der Waals surface area contributed by atoms with Gasteiger partial charge in [0.1, 0.15) is 5.56 Å². The summed E-state index contributed by atoms with van der Waals surface area (Å²) in [6, 6.07) is 3.12. The van der Waals surface area contributed by atoms with Crippen LogP contribution in [0.25, 0.3) is 0 Å². The van der Waals surface area contributed by atoms with Crippen molar-refractivity contribution in [2.75, 3.05) is 27.7 Å². The quantitative estimate of drug-likeness (QED) is 0.678. The van der Waals surface area contributed by atoms with Crippen LogP contribution in [0.1, 0.15) is 10.4 Å². The lowest BCUT2D eigenvalue weighted by atomic mass is 10.2. The molecular weight excluding hydrogens is 330 g/mol. The standard InChI is InChI=1S/C16H17N3O6/c1-18(2)9-16-15(23-11(20)6-7-12(21)24-16)19(3)14(22)10-5-4-8-17-13(10)25-16/h4-8,15H,9H2,1-3H3/b7-6+. The summed E-state index contributed by atoms with van der Waals surface area (Å²) in [7, 11) is 4.90. The van der Waals surface area contributed by atoms with E-state index in [4.69, 9.17) is 14.2 Å². The number of hydrogen-bond acceptors (Lipinski definition) is 8. The number of likely N-dealkylation sites (N-methyl/N-ethyl adjacent to an activating group) is 2. The van der Waals surface area contributed by atoms with Crippen LogP contribution < -0.4 is 4.74 Å². The molecule has 3 rings (SSSR count). The number of fused-ring (bicyclic) bond motifs is 2. The van der Waals surface area contributed by atoms with Gasteiger partial charge in [0.15, 0.2) is 0 Å². The van der Waals surface area contributed by atoms with Crippen molar-refractivity contribution in [3.8, 4) is 5.88 Å². The molecule has 132 valence electrons. The number of carbonyl (C=O) groups is 3. The molecule has 0 spiro atoms. The molecule has 0 aromatic carbocycles. The summed E-state index contributed by atoms with van der Waals surface area (Å²) in [6.07, 6.45) is 2.05. The number of hydrogen-bond donors (Lipinski definition) is 0. The minimum absolute atomic E-state index is 0.00268. The summed E-state index contributed by atoms with van der Waals surface area (Å²) in [4.78, 5) is 43.7. The molecule has 9 nitrogen and oxygen atoms in total. The van der Waals surface area contributed by atoms with E-state index in [0.717, 1.165) is 12.2 Å². The molecule has 0 radical (unpaired) electrons. The molecule has 0 aliphatic carbocycles. The molecule has 0 saturated carbocycles. The smallest absolute Gasteiger partial charge is 0.334 e. The molecule has 2 atom stereocenters. The van der Waals surface area contributed by atoms with Gasteiger partial charge in [0.05, 0.1) is 6.54 Å². The van der Waals surface area contributed by atoms with Gasteiger partial charge in [-0.15, -0.1) is 0 Å². The minimum atomic E-state index is -1.77. The summed E-state index contributed by atoms with van der Waals surface area (Å²) < 4.78 is 16.7. The number of nitrogens with zero attached hydrogens (tertiary/aromatic N) is 3. The monoisotopic (exact) mass is 347 g/mol. The Balaban J connectivity index is 2.19. The van der Waals surface area contributed by atoms with E-state index in [9.17, 15) is 14.4 Å². The van der Waals surface area contributed by atoms with Crippen molar-refractivity contribution < 1.29 is 28.6 Å². The van der Waals surface area contributed by atoms with Crippen LogP contribution in [-0.2, 0) is 19.1 Å². The van der Waals surface area contributed by atoms with Gasteiger partial charge < -0.3 is 19.1 Å². The molecule has 9 heteroatoms. The van der Waals surface area contributed by atoms with E-state index in [1.165, 1.54) is 24.2 Å². The zero-order chi connectivity index (χ0) is 18.2. The molecule has 1 aromatic rings. The van der Waals surface area contributed by atoms with Gasteiger partial charge in [0, 0.05) is 25.4 Å². The molecule has 2 unspecified atom stereocenters. The number of pyridine rings is 1. The maximum Gasteiger partial charge on any atom is 0.334 e. The largest absolute Gasteiger partial charge is 0.430 e. The zero-order valence-corrected chi connectivity index (χ0v) is 14.0. The van der Waals surface area contributed by atoms with Crippen molar-refractivity contribution in [3.63, 3.8) is 0 Å². The van der Waals surface area contributed by atoms with Crippen molar-refractivity contribution in [1.29, 1.82) is 0 Å². The normalized spacial score (nSPS) is 27.1. The highest BCUT2D eigenvalue weighted by molar-refractivity contribution is 5.97. The Labute approximate surface area is 143 Å². The summed E-state index contributed by atoms with van der Waals surface area (Å²) in [5.74, 6) is -3.82. The fraction of sp³-hybridized carbons (Fsp3) is 0.375. The highest BCUT2D eigenvalue weighted by Crippen LogP contribution is 2.34. The van der Waals surface area contributed by atoms with Gasteiger partial charge in [-0.05, 0) is 26.2 Å². The fourth-order valence-electron chi connectivity index (χ4n) is 2.75. The van der Waals surface area contributed by atoms with Gasteiger partial charge in [-0.2, -0.15) is 0 Å². The average Bonchev–Trinajstić information content (AvgIpc) is 2.61. The highest BCUT2D eigenvalue weighted by atomic mass is 16.7. The summed E-state index contributed by atoms with van der Waals surface area (Å²) >= 11 is 0. The topological polar surface area (TPSA) is 98.3 Å². The molecule has 2 aliphatic rings. The third-order valence-corrected chi connectivity index (χ3v) is 3.71. The van der Waals surface area contributed by atoms with Crippen molar-refractivity contribution in [3.05, 3.63) is 36.0 Å². The van der Waals surface area contributed by atoms with Gasteiger partial charge >= 0.3 is 17.7 Å². The van der Waals surface area contributed by atoms with Crippen LogP contribution >= 0.6 is 0 Å². The fourth-order valence-corrected chi connectivity index (χ4v) is 2.75. The first kappa shape index (κ1) is 16.9. The van der Waals surface area contributed by atoms with Gasteiger partial charge in [-0.1, -0.05) is 0 Å². The Morgan fingerprint density at radius 2 is 1.92 bits per heavy atom. The van der Waals surface area contributed by atoms with Crippen LogP contribution in [0.15, 0.2) is 30.5 Å². The van der Waals surface area contributed by atoms with E-state index in [1.807, 2.05) is 0 Å². The second kappa shape index (κ2) is 6.17. The van der Waals surface area contributed by atoms with Crippen molar-refractivity contribution in [2.24, 2.45) is 0 Å². The molecule has 25 heavy (non-hydrogen) atoms. The second-order valence-electron chi connectivity index (χ2n) is 5.97. The van der Waals surface area contributed by atoms with Crippen LogP contribution in [-0.4, -0.2) is 72.3 Å². The van der Waals surface area contributed by atoms with Gasteiger partial charge in [-0.3, -0.25) is 9.69 Å². The lowest BCUT2D eigenvalue weighted by molar-refractivity contribution is -0.262. The zero-order valence-electron chi connectivity index (χ0n) is 14.0. The Morgan fingerprint density at radius 3 is 2.64 bits per heavy atom. The van der Waals surface area contributed by atoms with Crippen molar-refractivity contribution in [1.82, 2.24) is 14.8 Å². The SMILES string of the molecule is CN(C)CC12OC(=O)/C=C/C(=O)OC1N(C)C(=O)c1cccnc1O2. The first-order chi connectivity index (χ1) is 11.8. The molecule has 3 heterocycles. The van der Waals surface area contributed by atoms with E-state index in [2.05, 4.69) is 4.98 Å². The molecule has 1 aromatic heterocycles. The summed E-state index contributed by atoms with van der Waals surface area (Å²) in [5.41, 5.74) is 0.176. The van der Waals surface area contributed by atoms with E-state index in [0.29, 0.717) is 0 Å². The molecule has 0 fully saturated rings. The third kappa shape index (κ3) is 3.05. The van der Waals surface area contributed by atoms with E-state index < -0.39 is 29.9 Å². The van der Waals surface area contributed by atoms with Crippen LogP contribution in [0.2, 0.25) is 0 Å². The third-order valence-electron chi connectivity index (χ3n) is 3.71. The van der Waals surface area contributed by atoms with E-state index in [-0.39, 0.29) is 18.0 Å². The highest BCUT2D eigenvalue weighted by Gasteiger charge is 2.55. The van der Waals surface area contributed by atoms with Crippen LogP contribution in [0.5, 0.6) is 5.88 Å². The average molecular weight is 347 g/mol. The predicted octanol–water partition coefficient (Wildman–Crippen LogP) is -0.214. The van der Waals surface area contributed by atoms with Crippen LogP contribution in [0.3, 0.4) is 0 Å². The van der Waals surface area contributed by atoms with Crippen LogP contribution in [0.4, 0.5) is 0 Å². The lowest BCUT2D eigenvalue weighted by Gasteiger charge is -2.41. The van der Waals surface area contributed by atoms with Crippen LogP contribution in [0, 0.1) is 0 Å². The number of ether oxygens (including phenoxy) is 3. The van der Waals surface area contributed by atoms with Gasteiger partial charge in [0.2, 0.25) is 5.88 Å². The first-order valence-electron chi connectivity index (χ1n) is 7.50.